The van der Waals surface area contributed by atoms with Crippen LogP contribution in [0.15, 0.2) is 30.3 Å². The number of benzene rings is 1. The summed E-state index contributed by atoms with van der Waals surface area (Å²) in [5.41, 5.74) is 2.93. The summed E-state index contributed by atoms with van der Waals surface area (Å²) in [6, 6.07) is 9.77. The molecule has 0 bridgehead atoms. The lowest BCUT2D eigenvalue weighted by Crippen LogP contribution is -2.42. The summed E-state index contributed by atoms with van der Waals surface area (Å²) in [5, 5.41) is 7.41. The molecule has 1 saturated heterocycles. The van der Waals surface area contributed by atoms with Crippen molar-refractivity contribution in [1.29, 1.82) is 0 Å². The van der Waals surface area contributed by atoms with Gasteiger partial charge in [0, 0.05) is 71.4 Å². The highest BCUT2D eigenvalue weighted by Crippen LogP contribution is 2.18. The summed E-state index contributed by atoms with van der Waals surface area (Å²) in [6.07, 6.45) is 0.988. The molecule has 3 heterocycles. The molecule has 4 rings (SSSR count). The van der Waals surface area contributed by atoms with Crippen LogP contribution < -0.4 is 5.32 Å². The standard InChI is InChI=1S/C27H38N6O4/c1-3-31(13-9-25(34)28-10-14-30-15-17-37-18-16-30)26(35)23-19-24-27(36)32(11-4-12-33(24)29-23)20-22-7-5-21(2)6-8-22/h5-8,19H,3-4,9-18,20H2,1-2H3,(H,28,34). The number of nitrogens with one attached hydrogen (secondary N) is 1. The Morgan fingerprint density at radius 3 is 2.59 bits per heavy atom. The number of nitrogens with zero attached hydrogens (tertiary/aromatic N) is 5. The smallest absolute Gasteiger partial charge is 0.274 e. The Labute approximate surface area is 218 Å². The molecule has 0 spiro atoms. The molecule has 3 amide bonds. The number of hydrogen-bond donors (Lipinski definition) is 1. The average molecular weight is 511 g/mol. The fraction of sp³-hybridized carbons (Fsp3) is 0.556. The summed E-state index contributed by atoms with van der Waals surface area (Å²) in [6.45, 7) is 11.0. The van der Waals surface area contributed by atoms with Crippen molar-refractivity contribution in [3.8, 4) is 0 Å². The Hall–Kier alpha value is -3.24. The number of ether oxygens (including phenoxy) is 1. The van der Waals surface area contributed by atoms with E-state index in [1.807, 2.05) is 43.0 Å². The van der Waals surface area contributed by atoms with E-state index in [2.05, 4.69) is 15.3 Å². The van der Waals surface area contributed by atoms with Gasteiger partial charge in [-0.25, -0.2) is 0 Å². The van der Waals surface area contributed by atoms with Gasteiger partial charge in [0.25, 0.3) is 11.8 Å². The lowest BCUT2D eigenvalue weighted by Gasteiger charge is -2.26. The fourth-order valence-electron chi connectivity index (χ4n) is 4.67. The zero-order chi connectivity index (χ0) is 26.2. The van der Waals surface area contributed by atoms with Gasteiger partial charge in [-0.05, 0) is 25.8 Å². The van der Waals surface area contributed by atoms with Crippen LogP contribution in [0.25, 0.3) is 0 Å². The molecule has 2 aliphatic heterocycles. The number of carbonyl (C=O) groups excluding carboxylic acids is 3. The first-order valence-corrected chi connectivity index (χ1v) is 13.2. The van der Waals surface area contributed by atoms with Gasteiger partial charge in [-0.1, -0.05) is 29.8 Å². The van der Waals surface area contributed by atoms with E-state index in [1.165, 1.54) is 5.56 Å². The van der Waals surface area contributed by atoms with Crippen LogP contribution in [0.5, 0.6) is 0 Å². The van der Waals surface area contributed by atoms with Crippen molar-refractivity contribution in [2.24, 2.45) is 0 Å². The predicted octanol–water partition coefficient (Wildman–Crippen LogP) is 1.54. The van der Waals surface area contributed by atoms with Crippen molar-refractivity contribution < 1.29 is 19.1 Å². The van der Waals surface area contributed by atoms with Crippen LogP contribution in [0.1, 0.15) is 51.9 Å². The van der Waals surface area contributed by atoms with Gasteiger partial charge in [0.15, 0.2) is 5.69 Å². The highest BCUT2D eigenvalue weighted by molar-refractivity contribution is 5.98. The topological polar surface area (TPSA) is 100 Å². The molecule has 2 aliphatic rings. The Kier molecular flexibility index (Phi) is 9.29. The number of fused-ring (bicyclic) bond motifs is 1. The molecule has 10 heteroatoms. The minimum atomic E-state index is -0.262. The minimum Gasteiger partial charge on any atom is -0.379 e. The van der Waals surface area contributed by atoms with Crippen molar-refractivity contribution in [1.82, 2.24) is 29.8 Å². The van der Waals surface area contributed by atoms with Gasteiger partial charge < -0.3 is 19.9 Å². The molecule has 0 radical (unpaired) electrons. The molecule has 200 valence electrons. The van der Waals surface area contributed by atoms with Crippen LogP contribution in [-0.4, -0.2) is 101 Å². The van der Waals surface area contributed by atoms with E-state index in [0.29, 0.717) is 45.0 Å². The van der Waals surface area contributed by atoms with Gasteiger partial charge in [0.05, 0.1) is 13.2 Å². The van der Waals surface area contributed by atoms with E-state index in [0.717, 1.165) is 44.8 Å². The first kappa shape index (κ1) is 26.8. The number of hydrogen-bond acceptors (Lipinski definition) is 6. The van der Waals surface area contributed by atoms with Gasteiger partial charge in [-0.2, -0.15) is 5.10 Å². The fourth-order valence-corrected chi connectivity index (χ4v) is 4.67. The summed E-state index contributed by atoms with van der Waals surface area (Å²) >= 11 is 0. The first-order chi connectivity index (χ1) is 17.9. The highest BCUT2D eigenvalue weighted by atomic mass is 16.5. The Morgan fingerprint density at radius 2 is 1.86 bits per heavy atom. The number of aryl methyl sites for hydroxylation is 2. The van der Waals surface area contributed by atoms with Crippen molar-refractivity contribution >= 4 is 17.7 Å². The molecule has 1 N–H and O–H groups in total. The van der Waals surface area contributed by atoms with Gasteiger partial charge in [0.2, 0.25) is 5.91 Å². The molecule has 0 atom stereocenters. The van der Waals surface area contributed by atoms with Crippen LogP contribution >= 0.6 is 0 Å². The molecule has 1 aromatic heterocycles. The predicted molar refractivity (Wildman–Crippen MR) is 139 cm³/mol. The van der Waals surface area contributed by atoms with Crippen molar-refractivity contribution in [3.05, 3.63) is 52.8 Å². The van der Waals surface area contributed by atoms with E-state index in [4.69, 9.17) is 4.74 Å². The maximum atomic E-state index is 13.3. The number of amides is 3. The van der Waals surface area contributed by atoms with E-state index in [-0.39, 0.29) is 29.8 Å². The zero-order valence-corrected chi connectivity index (χ0v) is 21.9. The maximum absolute atomic E-state index is 13.3. The second-order valence-electron chi connectivity index (χ2n) is 9.64. The van der Waals surface area contributed by atoms with Crippen molar-refractivity contribution in [2.45, 2.75) is 39.8 Å². The molecular formula is C27H38N6O4. The Bertz CT molecular complexity index is 1080. The molecule has 0 aliphatic carbocycles. The summed E-state index contributed by atoms with van der Waals surface area (Å²) in [7, 11) is 0. The van der Waals surface area contributed by atoms with Crippen LogP contribution in [0.4, 0.5) is 0 Å². The lowest BCUT2D eigenvalue weighted by molar-refractivity contribution is -0.121. The molecule has 1 aromatic carbocycles. The highest BCUT2D eigenvalue weighted by Gasteiger charge is 2.28. The van der Waals surface area contributed by atoms with Crippen molar-refractivity contribution in [3.63, 3.8) is 0 Å². The van der Waals surface area contributed by atoms with E-state index in [1.54, 1.807) is 15.6 Å². The largest absolute Gasteiger partial charge is 0.379 e. The van der Waals surface area contributed by atoms with Crippen molar-refractivity contribution in [2.75, 3.05) is 59.0 Å². The second-order valence-corrected chi connectivity index (χ2v) is 9.64. The molecule has 2 aromatic rings. The molecule has 1 fully saturated rings. The van der Waals surface area contributed by atoms with Gasteiger partial charge in [0.1, 0.15) is 5.69 Å². The second kappa shape index (κ2) is 12.8. The normalized spacial score (nSPS) is 16.3. The van der Waals surface area contributed by atoms with E-state index in [9.17, 15) is 14.4 Å². The number of carbonyl (C=O) groups is 3. The summed E-state index contributed by atoms with van der Waals surface area (Å²) in [5.74, 6) is -0.462. The van der Waals surface area contributed by atoms with Crippen LogP contribution in [0.3, 0.4) is 0 Å². The summed E-state index contributed by atoms with van der Waals surface area (Å²) < 4.78 is 6.99. The Balaban J connectivity index is 1.31. The van der Waals surface area contributed by atoms with Gasteiger partial charge >= 0.3 is 0 Å². The number of aromatic nitrogens is 2. The summed E-state index contributed by atoms with van der Waals surface area (Å²) in [4.78, 5) is 44.5. The van der Waals surface area contributed by atoms with Gasteiger partial charge in [-0.15, -0.1) is 0 Å². The lowest BCUT2D eigenvalue weighted by atomic mass is 10.1. The third-order valence-corrected chi connectivity index (χ3v) is 6.93. The van der Waals surface area contributed by atoms with Crippen LogP contribution in [0.2, 0.25) is 0 Å². The minimum absolute atomic E-state index is 0.0814. The molecule has 0 unspecified atom stereocenters. The third-order valence-electron chi connectivity index (χ3n) is 6.93. The molecule has 0 saturated carbocycles. The van der Waals surface area contributed by atoms with Crippen LogP contribution in [0, 0.1) is 6.92 Å². The average Bonchev–Trinajstić information content (AvgIpc) is 3.28. The maximum Gasteiger partial charge on any atom is 0.274 e. The van der Waals surface area contributed by atoms with E-state index < -0.39 is 0 Å². The van der Waals surface area contributed by atoms with Gasteiger partial charge in [-0.3, -0.25) is 24.0 Å². The van der Waals surface area contributed by atoms with Crippen LogP contribution in [-0.2, 0) is 22.6 Å². The molecule has 10 nitrogen and oxygen atoms in total. The van der Waals surface area contributed by atoms with E-state index >= 15 is 0 Å². The third kappa shape index (κ3) is 7.17. The SMILES string of the molecule is CCN(CCC(=O)NCCN1CCOCC1)C(=O)c1cc2n(n1)CCCN(Cc1ccc(C)cc1)C2=O. The number of rotatable bonds is 10. The first-order valence-electron chi connectivity index (χ1n) is 13.2. The number of morpholine rings is 1. The quantitative estimate of drug-likeness (QED) is 0.521. The molecule has 37 heavy (non-hydrogen) atoms. The molecular weight excluding hydrogens is 472 g/mol. The Morgan fingerprint density at radius 1 is 1.11 bits per heavy atom. The zero-order valence-electron chi connectivity index (χ0n) is 21.9. The monoisotopic (exact) mass is 510 g/mol.